The van der Waals surface area contributed by atoms with Gasteiger partial charge in [0.1, 0.15) is 6.04 Å². The summed E-state index contributed by atoms with van der Waals surface area (Å²) in [6.45, 7) is 5.01. The van der Waals surface area contributed by atoms with Crippen molar-refractivity contribution in [3.8, 4) is 0 Å². The van der Waals surface area contributed by atoms with Crippen LogP contribution in [0.15, 0.2) is 12.7 Å². The van der Waals surface area contributed by atoms with Crippen LogP contribution < -0.4 is 10.6 Å². The number of hydrogen-bond acceptors (Lipinski definition) is 3. The zero-order chi connectivity index (χ0) is 13.4. The highest BCUT2D eigenvalue weighted by atomic mass is 16.5. The molecular formula is C12H20N2O4. The number of aliphatic carboxylic acids is 1. The molecule has 3 N–H and O–H groups in total. The van der Waals surface area contributed by atoms with Gasteiger partial charge in [0.05, 0.1) is 6.61 Å². The molecular weight excluding hydrogens is 236 g/mol. The molecule has 2 amide bonds. The molecule has 0 saturated heterocycles. The summed E-state index contributed by atoms with van der Waals surface area (Å²) in [5.41, 5.74) is 0. The first-order valence-corrected chi connectivity index (χ1v) is 6.09. The van der Waals surface area contributed by atoms with Crippen LogP contribution in [-0.2, 0) is 9.53 Å². The maximum absolute atomic E-state index is 11.4. The third-order valence-electron chi connectivity index (χ3n) is 2.59. The summed E-state index contributed by atoms with van der Waals surface area (Å²) in [7, 11) is 0. The Balaban J connectivity index is 2.06. The van der Waals surface area contributed by atoms with Crippen LogP contribution in [0.4, 0.5) is 4.79 Å². The van der Waals surface area contributed by atoms with Gasteiger partial charge in [-0.2, -0.15) is 0 Å². The van der Waals surface area contributed by atoms with Gasteiger partial charge in [0, 0.05) is 13.2 Å². The fourth-order valence-corrected chi connectivity index (χ4v) is 1.37. The van der Waals surface area contributed by atoms with E-state index in [0.717, 1.165) is 6.61 Å². The lowest BCUT2D eigenvalue weighted by Crippen LogP contribution is -2.46. The van der Waals surface area contributed by atoms with E-state index in [1.165, 1.54) is 18.9 Å². The van der Waals surface area contributed by atoms with Crippen molar-refractivity contribution >= 4 is 12.0 Å². The number of ether oxygens (including phenoxy) is 1. The second-order valence-electron chi connectivity index (χ2n) is 4.33. The smallest absolute Gasteiger partial charge is 0.326 e. The van der Waals surface area contributed by atoms with Gasteiger partial charge in [0.25, 0.3) is 0 Å². The van der Waals surface area contributed by atoms with Crippen LogP contribution in [0.2, 0.25) is 0 Å². The molecule has 0 aromatic carbocycles. The Kier molecular flexibility index (Phi) is 6.21. The van der Waals surface area contributed by atoms with E-state index in [1.807, 2.05) is 0 Å². The minimum absolute atomic E-state index is 0.195. The first kappa shape index (κ1) is 14.5. The quantitative estimate of drug-likeness (QED) is 0.419. The lowest BCUT2D eigenvalue weighted by Gasteiger charge is -2.13. The molecule has 0 radical (unpaired) electrons. The summed E-state index contributed by atoms with van der Waals surface area (Å²) < 4.78 is 5.33. The number of carboxylic acid groups (broad SMARTS) is 1. The zero-order valence-corrected chi connectivity index (χ0v) is 10.4. The van der Waals surface area contributed by atoms with Crippen molar-refractivity contribution in [1.82, 2.24) is 10.6 Å². The van der Waals surface area contributed by atoms with E-state index in [0.29, 0.717) is 19.1 Å². The van der Waals surface area contributed by atoms with Gasteiger partial charge < -0.3 is 20.5 Å². The predicted octanol–water partition coefficient (Wildman–Crippen LogP) is 0.741. The van der Waals surface area contributed by atoms with Gasteiger partial charge >= 0.3 is 12.0 Å². The molecule has 0 bridgehead atoms. The fourth-order valence-electron chi connectivity index (χ4n) is 1.37. The Hall–Kier alpha value is -1.56. The number of carboxylic acids is 1. The first-order valence-electron chi connectivity index (χ1n) is 6.09. The Labute approximate surface area is 106 Å². The van der Waals surface area contributed by atoms with Gasteiger partial charge in [-0.25, -0.2) is 9.59 Å². The highest BCUT2D eigenvalue weighted by molar-refractivity contribution is 5.82. The topological polar surface area (TPSA) is 87.7 Å². The number of urea groups is 1. The van der Waals surface area contributed by atoms with Crippen molar-refractivity contribution < 1.29 is 19.4 Å². The van der Waals surface area contributed by atoms with Gasteiger partial charge in [-0.1, -0.05) is 6.08 Å². The summed E-state index contributed by atoms with van der Waals surface area (Å²) in [6, 6.07) is -1.44. The Morgan fingerprint density at radius 2 is 2.22 bits per heavy atom. The van der Waals surface area contributed by atoms with E-state index in [9.17, 15) is 9.59 Å². The molecule has 1 atom stereocenters. The Morgan fingerprint density at radius 3 is 2.78 bits per heavy atom. The van der Waals surface area contributed by atoms with Crippen molar-refractivity contribution in [1.29, 1.82) is 0 Å². The van der Waals surface area contributed by atoms with Gasteiger partial charge in [-0.05, 0) is 25.2 Å². The predicted molar refractivity (Wildman–Crippen MR) is 66.3 cm³/mol. The summed E-state index contributed by atoms with van der Waals surface area (Å²) in [5, 5.41) is 13.7. The molecule has 0 aromatic heterocycles. The average molecular weight is 256 g/mol. The normalized spacial score (nSPS) is 15.8. The third-order valence-corrected chi connectivity index (χ3v) is 2.59. The number of nitrogens with one attached hydrogen (secondary N) is 2. The summed E-state index contributed by atoms with van der Waals surface area (Å²) in [6.07, 6.45) is 4.12. The molecule has 0 spiro atoms. The number of rotatable bonds is 9. The summed E-state index contributed by atoms with van der Waals surface area (Å²) in [4.78, 5) is 22.1. The van der Waals surface area contributed by atoms with E-state index in [2.05, 4.69) is 17.2 Å². The number of carbonyl (C=O) groups excluding carboxylic acids is 1. The molecule has 0 aliphatic heterocycles. The van der Waals surface area contributed by atoms with E-state index < -0.39 is 18.0 Å². The molecule has 6 nitrogen and oxygen atoms in total. The maximum atomic E-state index is 11.4. The SMILES string of the molecule is C=CCC(NC(=O)NCCOCC1CC1)C(=O)O. The number of hydrogen-bond donors (Lipinski definition) is 3. The van der Waals surface area contributed by atoms with Gasteiger partial charge in [-0.3, -0.25) is 0 Å². The van der Waals surface area contributed by atoms with Gasteiger partial charge in [0.2, 0.25) is 0 Å². The van der Waals surface area contributed by atoms with Crippen LogP contribution in [0.3, 0.4) is 0 Å². The largest absolute Gasteiger partial charge is 0.480 e. The van der Waals surface area contributed by atoms with Crippen LogP contribution >= 0.6 is 0 Å². The summed E-state index contributed by atoms with van der Waals surface area (Å²) in [5.74, 6) is -0.377. The van der Waals surface area contributed by atoms with Gasteiger partial charge in [-0.15, -0.1) is 6.58 Å². The van der Waals surface area contributed by atoms with Crippen molar-refractivity contribution in [2.75, 3.05) is 19.8 Å². The van der Waals surface area contributed by atoms with Crippen molar-refractivity contribution in [2.45, 2.75) is 25.3 Å². The zero-order valence-electron chi connectivity index (χ0n) is 10.4. The second-order valence-corrected chi connectivity index (χ2v) is 4.33. The molecule has 6 heteroatoms. The van der Waals surface area contributed by atoms with Crippen molar-refractivity contribution in [3.63, 3.8) is 0 Å². The van der Waals surface area contributed by atoms with Crippen LogP contribution in [0, 0.1) is 5.92 Å². The molecule has 0 heterocycles. The minimum atomic E-state index is -1.07. The number of amides is 2. The van der Waals surface area contributed by atoms with Crippen LogP contribution in [0.25, 0.3) is 0 Å². The van der Waals surface area contributed by atoms with E-state index in [4.69, 9.17) is 9.84 Å². The number of carbonyl (C=O) groups is 2. The lowest BCUT2D eigenvalue weighted by molar-refractivity contribution is -0.139. The van der Waals surface area contributed by atoms with Gasteiger partial charge in [0.15, 0.2) is 0 Å². The first-order chi connectivity index (χ1) is 8.63. The van der Waals surface area contributed by atoms with Crippen molar-refractivity contribution in [2.24, 2.45) is 5.92 Å². The molecule has 102 valence electrons. The minimum Gasteiger partial charge on any atom is -0.480 e. The second kappa shape index (κ2) is 7.71. The van der Waals surface area contributed by atoms with Crippen LogP contribution in [0.5, 0.6) is 0 Å². The molecule has 1 aliphatic rings. The molecule has 0 aromatic rings. The fraction of sp³-hybridized carbons (Fsp3) is 0.667. The standard InChI is InChI=1S/C12H20N2O4/c1-2-3-10(11(15)16)14-12(17)13-6-7-18-8-9-4-5-9/h2,9-10H,1,3-8H2,(H,15,16)(H2,13,14,17). The van der Waals surface area contributed by atoms with Crippen molar-refractivity contribution in [3.05, 3.63) is 12.7 Å². The molecule has 1 aliphatic carbocycles. The maximum Gasteiger partial charge on any atom is 0.326 e. The van der Waals surface area contributed by atoms with Crippen LogP contribution in [0.1, 0.15) is 19.3 Å². The molecule has 18 heavy (non-hydrogen) atoms. The third kappa shape index (κ3) is 6.24. The molecule has 1 rings (SSSR count). The molecule has 1 fully saturated rings. The monoisotopic (exact) mass is 256 g/mol. The van der Waals surface area contributed by atoms with E-state index in [-0.39, 0.29) is 6.42 Å². The lowest BCUT2D eigenvalue weighted by atomic mass is 10.2. The van der Waals surface area contributed by atoms with E-state index in [1.54, 1.807) is 0 Å². The highest BCUT2D eigenvalue weighted by Crippen LogP contribution is 2.28. The Bertz CT molecular complexity index is 302. The average Bonchev–Trinajstić information content (AvgIpc) is 3.12. The summed E-state index contributed by atoms with van der Waals surface area (Å²) >= 11 is 0. The Morgan fingerprint density at radius 1 is 1.50 bits per heavy atom. The molecule has 1 unspecified atom stereocenters. The molecule has 1 saturated carbocycles. The van der Waals surface area contributed by atoms with E-state index >= 15 is 0 Å². The van der Waals surface area contributed by atoms with Crippen LogP contribution in [-0.4, -0.2) is 42.9 Å². The highest BCUT2D eigenvalue weighted by Gasteiger charge is 2.21.